The molecule has 2 aromatic rings. The molecule has 1 aliphatic rings. The van der Waals surface area contributed by atoms with Crippen molar-refractivity contribution < 1.29 is 32.6 Å². The van der Waals surface area contributed by atoms with Crippen LogP contribution in [-0.4, -0.2) is 34.3 Å². The molecule has 0 radical (unpaired) electrons. The Bertz CT molecular complexity index is 864. The van der Waals surface area contributed by atoms with E-state index >= 15 is 0 Å². The van der Waals surface area contributed by atoms with Crippen molar-refractivity contribution in [2.24, 2.45) is 0 Å². The molecule has 0 aromatic heterocycles. The summed E-state index contributed by atoms with van der Waals surface area (Å²) in [5.74, 6) is -1.70. The van der Waals surface area contributed by atoms with E-state index in [1.54, 1.807) is 0 Å². The lowest BCUT2D eigenvalue weighted by molar-refractivity contribution is -0.274. The average molecular weight is 393 g/mol. The summed E-state index contributed by atoms with van der Waals surface area (Å²) in [6, 6.07) is 11.8. The molecule has 1 unspecified atom stereocenters. The summed E-state index contributed by atoms with van der Waals surface area (Å²) < 4.78 is 40.4. The van der Waals surface area contributed by atoms with E-state index in [0.29, 0.717) is 5.56 Å². The molecule has 0 saturated heterocycles. The van der Waals surface area contributed by atoms with Crippen LogP contribution in [0.2, 0.25) is 0 Å². The molecule has 0 aliphatic carbocycles. The zero-order valence-corrected chi connectivity index (χ0v) is 14.8. The standard InChI is InChI=1S/C20H18F3NO4/c21-20(22,23)28-16-8-5-13(6-9-16)7-10-18(25)24-12-15-4-2-1-3-14(15)11-17(24)19(26)27/h1-6,8-9,17H,7,10-12H2,(H,26,27). The summed E-state index contributed by atoms with van der Waals surface area (Å²) in [5, 5.41) is 9.49. The van der Waals surface area contributed by atoms with Gasteiger partial charge in [-0.05, 0) is 35.2 Å². The van der Waals surface area contributed by atoms with Gasteiger partial charge >= 0.3 is 12.3 Å². The third-order valence-electron chi connectivity index (χ3n) is 4.64. The number of halogens is 3. The monoisotopic (exact) mass is 393 g/mol. The molecule has 3 rings (SSSR count). The first kappa shape index (κ1) is 19.7. The van der Waals surface area contributed by atoms with Gasteiger partial charge in [-0.15, -0.1) is 13.2 Å². The number of aliphatic carboxylic acids is 1. The number of nitrogens with zero attached hydrogens (tertiary/aromatic N) is 1. The minimum atomic E-state index is -4.76. The smallest absolute Gasteiger partial charge is 0.480 e. The number of benzene rings is 2. The van der Waals surface area contributed by atoms with Crippen molar-refractivity contribution in [3.63, 3.8) is 0 Å². The largest absolute Gasteiger partial charge is 0.573 e. The number of alkyl halides is 3. The maximum absolute atomic E-state index is 12.6. The summed E-state index contributed by atoms with van der Waals surface area (Å²) >= 11 is 0. The number of carbonyl (C=O) groups is 2. The van der Waals surface area contributed by atoms with Gasteiger partial charge in [0.05, 0.1) is 0 Å². The Hall–Kier alpha value is -3.03. The van der Waals surface area contributed by atoms with Crippen molar-refractivity contribution in [3.8, 4) is 5.75 Å². The van der Waals surface area contributed by atoms with Crippen LogP contribution in [0.1, 0.15) is 23.1 Å². The molecule has 1 N–H and O–H groups in total. The number of carboxylic acid groups (broad SMARTS) is 1. The van der Waals surface area contributed by atoms with Gasteiger partial charge in [0.15, 0.2) is 0 Å². The molecule has 1 heterocycles. The van der Waals surface area contributed by atoms with Crippen LogP contribution >= 0.6 is 0 Å². The minimum Gasteiger partial charge on any atom is -0.480 e. The maximum Gasteiger partial charge on any atom is 0.573 e. The molecule has 0 saturated carbocycles. The Kier molecular flexibility index (Phi) is 5.58. The van der Waals surface area contributed by atoms with Gasteiger partial charge in [0.25, 0.3) is 0 Å². The lowest BCUT2D eigenvalue weighted by atomic mass is 9.93. The number of hydrogen-bond donors (Lipinski definition) is 1. The fraction of sp³-hybridized carbons (Fsp3) is 0.300. The average Bonchev–Trinajstić information content (AvgIpc) is 2.65. The maximum atomic E-state index is 12.6. The van der Waals surface area contributed by atoms with Gasteiger partial charge in [0.1, 0.15) is 11.8 Å². The van der Waals surface area contributed by atoms with E-state index < -0.39 is 18.4 Å². The Labute approximate surface area is 159 Å². The molecule has 8 heteroatoms. The summed E-state index contributed by atoms with van der Waals surface area (Å²) in [7, 11) is 0. The first-order valence-corrected chi connectivity index (χ1v) is 8.66. The van der Waals surface area contributed by atoms with E-state index in [-0.39, 0.29) is 37.5 Å². The topological polar surface area (TPSA) is 66.8 Å². The van der Waals surface area contributed by atoms with Crippen LogP contribution in [0.5, 0.6) is 5.75 Å². The Morgan fingerprint density at radius 1 is 1.07 bits per heavy atom. The van der Waals surface area contributed by atoms with Gasteiger partial charge in [0.2, 0.25) is 5.91 Å². The van der Waals surface area contributed by atoms with Crippen molar-refractivity contribution in [1.82, 2.24) is 4.90 Å². The number of amides is 1. The minimum absolute atomic E-state index is 0.0609. The Morgan fingerprint density at radius 3 is 2.32 bits per heavy atom. The number of carboxylic acids is 1. The second-order valence-corrected chi connectivity index (χ2v) is 6.54. The number of rotatable bonds is 5. The molecule has 2 aromatic carbocycles. The molecule has 1 amide bonds. The van der Waals surface area contributed by atoms with Gasteiger partial charge in [-0.25, -0.2) is 4.79 Å². The Balaban J connectivity index is 1.64. The van der Waals surface area contributed by atoms with Gasteiger partial charge in [-0.3, -0.25) is 4.79 Å². The van der Waals surface area contributed by atoms with E-state index in [1.807, 2.05) is 24.3 Å². The molecular formula is C20H18F3NO4. The molecular weight excluding hydrogens is 375 g/mol. The van der Waals surface area contributed by atoms with E-state index in [9.17, 15) is 27.9 Å². The normalized spacial score (nSPS) is 16.4. The predicted octanol–water partition coefficient (Wildman–Crippen LogP) is 3.56. The van der Waals surface area contributed by atoms with Crippen LogP contribution in [0.3, 0.4) is 0 Å². The van der Waals surface area contributed by atoms with Gasteiger partial charge in [-0.1, -0.05) is 36.4 Å². The van der Waals surface area contributed by atoms with Crippen molar-refractivity contribution >= 4 is 11.9 Å². The highest BCUT2D eigenvalue weighted by atomic mass is 19.4. The van der Waals surface area contributed by atoms with Crippen molar-refractivity contribution in [3.05, 3.63) is 65.2 Å². The zero-order chi connectivity index (χ0) is 20.3. The number of carbonyl (C=O) groups excluding carboxylic acids is 1. The zero-order valence-electron chi connectivity index (χ0n) is 14.8. The molecule has 148 valence electrons. The van der Waals surface area contributed by atoms with Crippen LogP contribution in [0, 0.1) is 0 Å². The fourth-order valence-corrected chi connectivity index (χ4v) is 3.26. The highest BCUT2D eigenvalue weighted by molar-refractivity contribution is 5.84. The number of hydrogen-bond acceptors (Lipinski definition) is 3. The lowest BCUT2D eigenvalue weighted by Crippen LogP contribution is -2.48. The quantitative estimate of drug-likeness (QED) is 0.844. The fourth-order valence-electron chi connectivity index (χ4n) is 3.26. The molecule has 28 heavy (non-hydrogen) atoms. The lowest BCUT2D eigenvalue weighted by Gasteiger charge is -2.34. The van der Waals surface area contributed by atoms with E-state index in [1.165, 1.54) is 29.2 Å². The van der Waals surface area contributed by atoms with Crippen LogP contribution in [0.15, 0.2) is 48.5 Å². The molecule has 5 nitrogen and oxygen atoms in total. The number of ether oxygens (including phenoxy) is 1. The number of fused-ring (bicyclic) bond motifs is 1. The van der Waals surface area contributed by atoms with Crippen molar-refractivity contribution in [2.45, 2.75) is 38.2 Å². The Morgan fingerprint density at radius 2 is 1.71 bits per heavy atom. The van der Waals surface area contributed by atoms with Crippen molar-refractivity contribution in [1.29, 1.82) is 0 Å². The van der Waals surface area contributed by atoms with Crippen LogP contribution in [0.25, 0.3) is 0 Å². The predicted molar refractivity (Wildman–Crippen MR) is 93.6 cm³/mol. The summed E-state index contributed by atoms with van der Waals surface area (Å²) in [5.41, 5.74) is 2.49. The molecule has 0 spiro atoms. The van der Waals surface area contributed by atoms with Gasteiger partial charge in [-0.2, -0.15) is 0 Å². The van der Waals surface area contributed by atoms with Crippen LogP contribution in [-0.2, 0) is 29.0 Å². The third-order valence-corrected chi connectivity index (χ3v) is 4.64. The van der Waals surface area contributed by atoms with E-state index in [2.05, 4.69) is 4.74 Å². The summed E-state index contributed by atoms with van der Waals surface area (Å²) in [6.45, 7) is 0.227. The second-order valence-electron chi connectivity index (χ2n) is 6.54. The van der Waals surface area contributed by atoms with E-state index in [0.717, 1.165) is 11.1 Å². The molecule has 0 fully saturated rings. The highest BCUT2D eigenvalue weighted by Gasteiger charge is 2.34. The van der Waals surface area contributed by atoms with Gasteiger partial charge < -0.3 is 14.7 Å². The highest BCUT2D eigenvalue weighted by Crippen LogP contribution is 2.25. The van der Waals surface area contributed by atoms with E-state index in [4.69, 9.17) is 0 Å². The van der Waals surface area contributed by atoms with Crippen LogP contribution < -0.4 is 4.74 Å². The SMILES string of the molecule is O=C(O)C1Cc2ccccc2CN1C(=O)CCc1ccc(OC(F)(F)F)cc1. The second kappa shape index (κ2) is 7.92. The van der Waals surface area contributed by atoms with Crippen LogP contribution in [0.4, 0.5) is 13.2 Å². The summed E-state index contributed by atoms with van der Waals surface area (Å²) in [6.07, 6.45) is -4.16. The molecule has 1 atom stereocenters. The molecule has 1 aliphatic heterocycles. The first-order valence-electron chi connectivity index (χ1n) is 8.66. The van der Waals surface area contributed by atoms with Crippen molar-refractivity contribution in [2.75, 3.05) is 0 Å². The first-order chi connectivity index (χ1) is 13.2. The summed E-state index contributed by atoms with van der Waals surface area (Å²) in [4.78, 5) is 25.6. The number of aryl methyl sites for hydroxylation is 1. The molecule has 0 bridgehead atoms. The third kappa shape index (κ3) is 4.82. The van der Waals surface area contributed by atoms with Gasteiger partial charge in [0, 0.05) is 19.4 Å².